The predicted octanol–water partition coefficient (Wildman–Crippen LogP) is 3.81. The first-order chi connectivity index (χ1) is 10.4. The summed E-state index contributed by atoms with van der Waals surface area (Å²) in [4.78, 5) is 11.9. The topological polar surface area (TPSA) is 20.3 Å². The molecule has 0 radical (unpaired) electrons. The molecule has 6 heteroatoms. The number of amides is 1. The Morgan fingerprint density at radius 3 is 1.91 bits per heavy atom. The molecule has 0 atom stereocenters. The molecule has 0 aromatic heterocycles. The molecule has 0 aliphatic heterocycles. The summed E-state index contributed by atoms with van der Waals surface area (Å²) in [6.07, 6.45) is 0.637. The maximum absolute atomic E-state index is 13.9. The van der Waals surface area contributed by atoms with Crippen molar-refractivity contribution in [2.45, 2.75) is 13.5 Å². The van der Waals surface area contributed by atoms with Gasteiger partial charge in [0.25, 0.3) is 0 Å². The summed E-state index contributed by atoms with van der Waals surface area (Å²) in [6.45, 7) is 1.28. The molecule has 0 bridgehead atoms. The summed E-state index contributed by atoms with van der Waals surface area (Å²) in [7, 11) is 1.57. The number of hydrogen-bond donors (Lipinski definition) is 0. The van der Waals surface area contributed by atoms with E-state index in [1.54, 1.807) is 7.05 Å². The van der Waals surface area contributed by atoms with E-state index in [0.717, 1.165) is 6.92 Å². The standard InChI is InChI=1S/C16H13F4NO/c1-9-13(17)15(19)12(16(20)14(9)18)11-5-3-10(4-6-11)7-21(2)8-22/h3-6,8H,7H2,1-2H3. The van der Waals surface area contributed by atoms with Gasteiger partial charge in [0, 0.05) is 19.2 Å². The van der Waals surface area contributed by atoms with Gasteiger partial charge in [0.1, 0.15) is 0 Å². The summed E-state index contributed by atoms with van der Waals surface area (Å²) in [5.41, 5.74) is -0.698. The molecule has 2 aromatic rings. The van der Waals surface area contributed by atoms with Crippen molar-refractivity contribution in [1.82, 2.24) is 4.90 Å². The maximum Gasteiger partial charge on any atom is 0.209 e. The number of rotatable bonds is 4. The molecule has 22 heavy (non-hydrogen) atoms. The van der Waals surface area contributed by atoms with Gasteiger partial charge in [-0.3, -0.25) is 4.79 Å². The molecular weight excluding hydrogens is 298 g/mol. The van der Waals surface area contributed by atoms with Crippen molar-refractivity contribution in [2.24, 2.45) is 0 Å². The molecule has 0 spiro atoms. The van der Waals surface area contributed by atoms with Crippen molar-refractivity contribution in [3.63, 3.8) is 0 Å². The van der Waals surface area contributed by atoms with E-state index in [1.807, 2.05) is 0 Å². The van der Waals surface area contributed by atoms with Crippen molar-refractivity contribution < 1.29 is 22.4 Å². The van der Waals surface area contributed by atoms with Gasteiger partial charge >= 0.3 is 0 Å². The quantitative estimate of drug-likeness (QED) is 0.478. The van der Waals surface area contributed by atoms with Crippen molar-refractivity contribution in [3.8, 4) is 11.1 Å². The first kappa shape index (κ1) is 16.0. The lowest BCUT2D eigenvalue weighted by atomic mass is 10.00. The summed E-state index contributed by atoms with van der Waals surface area (Å²) in [5, 5.41) is 0. The van der Waals surface area contributed by atoms with Crippen LogP contribution in [-0.4, -0.2) is 18.4 Å². The minimum absolute atomic E-state index is 0.0188. The molecule has 0 saturated heterocycles. The van der Waals surface area contributed by atoms with Gasteiger partial charge < -0.3 is 4.90 Å². The number of hydrogen-bond acceptors (Lipinski definition) is 1. The summed E-state index contributed by atoms with van der Waals surface area (Å²) in [6, 6.07) is 5.77. The van der Waals surface area contributed by atoms with Crippen LogP contribution in [-0.2, 0) is 11.3 Å². The zero-order valence-electron chi connectivity index (χ0n) is 12.0. The van der Waals surface area contributed by atoms with Gasteiger partial charge in [0.2, 0.25) is 6.41 Å². The second-order valence-electron chi connectivity index (χ2n) is 4.97. The molecule has 0 fully saturated rings. The van der Waals surface area contributed by atoms with Crippen LogP contribution in [0.15, 0.2) is 24.3 Å². The van der Waals surface area contributed by atoms with Gasteiger partial charge in [-0.05, 0) is 18.1 Å². The van der Waals surface area contributed by atoms with Gasteiger partial charge in [-0.2, -0.15) is 0 Å². The van der Waals surface area contributed by atoms with E-state index in [9.17, 15) is 22.4 Å². The van der Waals surface area contributed by atoms with Crippen LogP contribution in [0.3, 0.4) is 0 Å². The Balaban J connectivity index is 2.47. The van der Waals surface area contributed by atoms with Crippen LogP contribution in [0.2, 0.25) is 0 Å². The summed E-state index contributed by atoms with van der Waals surface area (Å²) >= 11 is 0. The third kappa shape index (κ3) is 2.81. The van der Waals surface area contributed by atoms with Gasteiger partial charge in [-0.1, -0.05) is 24.3 Å². The monoisotopic (exact) mass is 311 g/mol. The molecule has 0 saturated carbocycles. The summed E-state index contributed by atoms with van der Waals surface area (Å²) in [5.74, 6) is -5.65. The Morgan fingerprint density at radius 1 is 0.955 bits per heavy atom. The fourth-order valence-electron chi connectivity index (χ4n) is 2.10. The highest BCUT2D eigenvalue weighted by molar-refractivity contribution is 5.66. The minimum atomic E-state index is -1.42. The molecule has 1 amide bonds. The molecule has 0 N–H and O–H groups in total. The highest BCUT2D eigenvalue weighted by atomic mass is 19.2. The lowest BCUT2D eigenvalue weighted by Crippen LogP contribution is -2.14. The molecule has 0 unspecified atom stereocenters. The molecule has 0 heterocycles. The lowest BCUT2D eigenvalue weighted by molar-refractivity contribution is -0.117. The molecular formula is C16H13F4NO. The van der Waals surface area contributed by atoms with Crippen LogP contribution >= 0.6 is 0 Å². The largest absolute Gasteiger partial charge is 0.344 e. The molecule has 2 rings (SSSR count). The van der Waals surface area contributed by atoms with Crippen LogP contribution in [0, 0.1) is 30.2 Å². The second-order valence-corrected chi connectivity index (χ2v) is 4.97. The van der Waals surface area contributed by atoms with E-state index in [2.05, 4.69) is 0 Å². The first-order valence-corrected chi connectivity index (χ1v) is 6.44. The second kappa shape index (κ2) is 6.17. The average molecular weight is 311 g/mol. The Kier molecular flexibility index (Phi) is 4.49. The Bertz CT molecular complexity index is 684. The number of benzene rings is 2. The third-order valence-corrected chi connectivity index (χ3v) is 3.34. The smallest absolute Gasteiger partial charge is 0.209 e. The van der Waals surface area contributed by atoms with E-state index in [-0.39, 0.29) is 5.56 Å². The van der Waals surface area contributed by atoms with Crippen molar-refractivity contribution in [1.29, 1.82) is 0 Å². The number of carbonyl (C=O) groups excluding carboxylic acids is 1. The van der Waals surface area contributed by atoms with E-state index >= 15 is 0 Å². The predicted molar refractivity (Wildman–Crippen MR) is 74.0 cm³/mol. The first-order valence-electron chi connectivity index (χ1n) is 6.44. The van der Waals surface area contributed by atoms with Gasteiger partial charge in [-0.25, -0.2) is 17.6 Å². The molecule has 2 aromatic carbocycles. The average Bonchev–Trinajstić information content (AvgIpc) is 2.52. The van der Waals surface area contributed by atoms with Crippen LogP contribution < -0.4 is 0 Å². The highest BCUT2D eigenvalue weighted by Crippen LogP contribution is 2.31. The third-order valence-electron chi connectivity index (χ3n) is 3.34. The van der Waals surface area contributed by atoms with Crippen LogP contribution in [0.4, 0.5) is 17.6 Å². The van der Waals surface area contributed by atoms with Gasteiger partial charge in [-0.15, -0.1) is 0 Å². The van der Waals surface area contributed by atoms with E-state index in [4.69, 9.17) is 0 Å². The zero-order valence-corrected chi connectivity index (χ0v) is 12.0. The van der Waals surface area contributed by atoms with Crippen molar-refractivity contribution in [2.75, 3.05) is 7.05 Å². The number of carbonyl (C=O) groups is 1. The van der Waals surface area contributed by atoms with Gasteiger partial charge in [0.05, 0.1) is 5.56 Å². The molecule has 0 aliphatic rings. The zero-order chi connectivity index (χ0) is 16.4. The maximum atomic E-state index is 13.9. The van der Waals surface area contributed by atoms with Crippen LogP contribution in [0.25, 0.3) is 11.1 Å². The van der Waals surface area contributed by atoms with Crippen LogP contribution in [0.1, 0.15) is 11.1 Å². The summed E-state index contributed by atoms with van der Waals surface area (Å²) < 4.78 is 55.0. The fraction of sp³-hybridized carbons (Fsp3) is 0.188. The SMILES string of the molecule is Cc1c(F)c(F)c(-c2ccc(CN(C)C=O)cc2)c(F)c1F. The lowest BCUT2D eigenvalue weighted by Gasteiger charge is -2.12. The number of halogens is 4. The Hall–Kier alpha value is -2.37. The molecule has 0 aliphatic carbocycles. The molecule has 2 nitrogen and oxygen atoms in total. The normalized spacial score (nSPS) is 10.6. The minimum Gasteiger partial charge on any atom is -0.344 e. The highest BCUT2D eigenvalue weighted by Gasteiger charge is 2.23. The van der Waals surface area contributed by atoms with Crippen LogP contribution in [0.5, 0.6) is 0 Å². The van der Waals surface area contributed by atoms with E-state index in [1.165, 1.54) is 29.2 Å². The van der Waals surface area contributed by atoms with E-state index < -0.39 is 34.4 Å². The Morgan fingerprint density at radius 2 is 1.45 bits per heavy atom. The molecule has 116 valence electrons. The van der Waals surface area contributed by atoms with E-state index in [0.29, 0.717) is 18.5 Å². The number of nitrogens with zero attached hydrogens (tertiary/aromatic N) is 1. The van der Waals surface area contributed by atoms with Gasteiger partial charge in [0.15, 0.2) is 23.3 Å². The van der Waals surface area contributed by atoms with Crippen molar-refractivity contribution >= 4 is 6.41 Å². The fourth-order valence-corrected chi connectivity index (χ4v) is 2.10. The van der Waals surface area contributed by atoms with Crippen molar-refractivity contribution in [3.05, 3.63) is 58.7 Å². The Labute approximate surface area is 125 Å².